The van der Waals surface area contributed by atoms with Crippen LogP contribution < -0.4 is 0 Å². The lowest BCUT2D eigenvalue weighted by Gasteiger charge is -2.08. The van der Waals surface area contributed by atoms with E-state index in [9.17, 15) is 8.42 Å². The fraction of sp³-hybridized carbons (Fsp3) is 0.600. The number of nitrogens with zero attached hydrogens (tertiary/aromatic N) is 1. The average Bonchev–Trinajstić information content (AvgIpc) is 1.84. The number of hydrogen-bond donors (Lipinski definition) is 0. The highest BCUT2D eigenvalue weighted by Crippen LogP contribution is 1.95. The predicted molar refractivity (Wildman–Crippen MR) is 38.8 cm³/mol. The van der Waals surface area contributed by atoms with Crippen LogP contribution in [-0.4, -0.2) is 33.4 Å². The Kier molecular flexibility index (Phi) is 3.55. The maximum atomic E-state index is 10.7. The molecule has 60 valence electrons. The Labute approximate surface area is 61.4 Å². The van der Waals surface area contributed by atoms with Gasteiger partial charge in [-0.25, -0.2) is 0 Å². The molecule has 0 heterocycles. The van der Waals surface area contributed by atoms with Crippen molar-refractivity contribution in [2.45, 2.75) is 0 Å². The largest absolute Gasteiger partial charge is 0.338 e. The molecular weight excluding hydrogens is 154 g/mol. The van der Waals surface area contributed by atoms with Gasteiger partial charge in [0.05, 0.1) is 6.61 Å². The summed E-state index contributed by atoms with van der Waals surface area (Å²) in [6, 6.07) is 0. The van der Waals surface area contributed by atoms with Crippen LogP contribution in [0.2, 0.25) is 0 Å². The molecular formula is C5H11NO3S. The lowest BCUT2D eigenvalue weighted by Crippen LogP contribution is -2.24. The van der Waals surface area contributed by atoms with Crippen LogP contribution in [0.5, 0.6) is 0 Å². The van der Waals surface area contributed by atoms with Crippen LogP contribution in [0, 0.1) is 0 Å². The van der Waals surface area contributed by atoms with Gasteiger partial charge in [-0.1, -0.05) is 6.08 Å². The molecule has 4 nitrogen and oxygen atoms in total. The van der Waals surface area contributed by atoms with Gasteiger partial charge in [0.15, 0.2) is 0 Å². The van der Waals surface area contributed by atoms with Crippen molar-refractivity contribution in [3.05, 3.63) is 12.7 Å². The van der Waals surface area contributed by atoms with Crippen LogP contribution in [-0.2, 0) is 14.5 Å². The molecule has 0 aliphatic heterocycles. The third-order valence-electron chi connectivity index (χ3n) is 0.782. The van der Waals surface area contributed by atoms with Gasteiger partial charge in [0.25, 0.3) is 0 Å². The summed E-state index contributed by atoms with van der Waals surface area (Å²) in [4.78, 5) is 0. The Morgan fingerprint density at radius 2 is 2.10 bits per heavy atom. The van der Waals surface area contributed by atoms with Crippen LogP contribution in [0.1, 0.15) is 0 Å². The van der Waals surface area contributed by atoms with Crippen LogP contribution in [0.25, 0.3) is 0 Å². The molecule has 0 rings (SSSR count). The van der Waals surface area contributed by atoms with E-state index in [-0.39, 0.29) is 6.61 Å². The van der Waals surface area contributed by atoms with E-state index in [1.807, 2.05) is 0 Å². The Morgan fingerprint density at radius 3 is 2.40 bits per heavy atom. The second kappa shape index (κ2) is 3.70. The Bertz CT molecular complexity index is 195. The Morgan fingerprint density at radius 1 is 1.60 bits per heavy atom. The van der Waals surface area contributed by atoms with Crippen LogP contribution >= 0.6 is 0 Å². The molecule has 0 aliphatic rings. The van der Waals surface area contributed by atoms with Crippen molar-refractivity contribution in [3.63, 3.8) is 0 Å². The summed E-state index contributed by atoms with van der Waals surface area (Å²) in [6.45, 7) is 3.33. The lowest BCUT2D eigenvalue weighted by molar-refractivity contribution is 0.320. The second-order valence-electron chi connectivity index (χ2n) is 1.81. The normalized spacial score (nSPS) is 11.9. The number of rotatable bonds is 4. The molecule has 0 bridgehead atoms. The van der Waals surface area contributed by atoms with Gasteiger partial charge >= 0.3 is 10.3 Å². The van der Waals surface area contributed by atoms with Gasteiger partial charge in [0.2, 0.25) is 0 Å². The summed E-state index contributed by atoms with van der Waals surface area (Å²) >= 11 is 0. The highest BCUT2D eigenvalue weighted by molar-refractivity contribution is 7.84. The highest BCUT2D eigenvalue weighted by atomic mass is 32.2. The quantitative estimate of drug-likeness (QED) is 0.551. The maximum Gasteiger partial charge on any atom is 0.338 e. The maximum absolute atomic E-state index is 10.7. The molecule has 0 amide bonds. The van der Waals surface area contributed by atoms with Crippen molar-refractivity contribution >= 4 is 10.3 Å². The molecule has 0 spiro atoms. The van der Waals surface area contributed by atoms with E-state index in [1.165, 1.54) is 20.2 Å². The zero-order valence-corrected chi connectivity index (χ0v) is 6.89. The molecule has 0 aliphatic carbocycles. The average molecular weight is 165 g/mol. The van der Waals surface area contributed by atoms with Gasteiger partial charge in [0.1, 0.15) is 0 Å². The monoisotopic (exact) mass is 165 g/mol. The molecule has 0 aromatic heterocycles. The zero-order chi connectivity index (χ0) is 8.20. The Balaban J connectivity index is 4.02. The van der Waals surface area contributed by atoms with E-state index < -0.39 is 10.3 Å². The van der Waals surface area contributed by atoms with E-state index in [1.54, 1.807) is 0 Å². The summed E-state index contributed by atoms with van der Waals surface area (Å²) in [7, 11) is -0.696. The molecule has 0 radical (unpaired) electrons. The SMILES string of the molecule is C=CCOS(=O)(=O)N(C)C. The summed E-state index contributed by atoms with van der Waals surface area (Å²) in [5.74, 6) is 0. The van der Waals surface area contributed by atoms with Crippen molar-refractivity contribution in [2.75, 3.05) is 20.7 Å². The van der Waals surface area contributed by atoms with Crippen LogP contribution in [0.15, 0.2) is 12.7 Å². The molecule has 0 aromatic carbocycles. The molecule has 5 heteroatoms. The van der Waals surface area contributed by atoms with Crippen molar-refractivity contribution in [3.8, 4) is 0 Å². The predicted octanol–water partition coefficient (Wildman–Crippen LogP) is -0.00460. The van der Waals surface area contributed by atoms with E-state index in [2.05, 4.69) is 10.8 Å². The lowest BCUT2D eigenvalue weighted by atomic mass is 10.7. The first kappa shape index (κ1) is 9.61. The summed E-state index contributed by atoms with van der Waals surface area (Å²) in [5, 5.41) is 0. The standard InChI is InChI=1S/C5H11NO3S/c1-4-5-9-10(7,8)6(2)3/h4H,1,5H2,2-3H3. The molecule has 10 heavy (non-hydrogen) atoms. The zero-order valence-electron chi connectivity index (χ0n) is 6.07. The molecule has 0 N–H and O–H groups in total. The smallest absolute Gasteiger partial charge is 0.254 e. The molecule has 0 fully saturated rings. The molecule has 0 saturated heterocycles. The summed E-state index contributed by atoms with van der Waals surface area (Å²) < 4.78 is 26.9. The van der Waals surface area contributed by atoms with E-state index in [4.69, 9.17) is 0 Å². The van der Waals surface area contributed by atoms with Crippen LogP contribution in [0.4, 0.5) is 0 Å². The first-order chi connectivity index (χ1) is 4.50. The van der Waals surface area contributed by atoms with Gasteiger partial charge in [0, 0.05) is 14.1 Å². The highest BCUT2D eigenvalue weighted by Gasteiger charge is 2.11. The van der Waals surface area contributed by atoms with E-state index >= 15 is 0 Å². The third-order valence-corrected chi connectivity index (χ3v) is 2.11. The van der Waals surface area contributed by atoms with Gasteiger partial charge in [-0.15, -0.1) is 6.58 Å². The van der Waals surface area contributed by atoms with Gasteiger partial charge in [-0.2, -0.15) is 12.7 Å². The first-order valence-corrected chi connectivity index (χ1v) is 4.05. The first-order valence-electron chi connectivity index (χ1n) is 2.68. The molecule has 0 aromatic rings. The summed E-state index contributed by atoms with van der Waals surface area (Å²) in [5.41, 5.74) is 0. The molecule has 0 saturated carbocycles. The second-order valence-corrected chi connectivity index (χ2v) is 3.63. The van der Waals surface area contributed by atoms with Crippen molar-refractivity contribution in [1.82, 2.24) is 4.31 Å². The minimum Gasteiger partial charge on any atom is -0.254 e. The van der Waals surface area contributed by atoms with Gasteiger partial charge in [-0.05, 0) is 0 Å². The van der Waals surface area contributed by atoms with Crippen LogP contribution in [0.3, 0.4) is 0 Å². The third kappa shape index (κ3) is 2.95. The minimum atomic E-state index is -3.50. The van der Waals surface area contributed by atoms with Crippen molar-refractivity contribution < 1.29 is 12.6 Å². The van der Waals surface area contributed by atoms with E-state index in [0.717, 1.165) is 4.31 Å². The Hall–Kier alpha value is -0.390. The summed E-state index contributed by atoms with van der Waals surface area (Å²) in [6.07, 6.45) is 1.38. The molecule has 0 atom stereocenters. The van der Waals surface area contributed by atoms with Gasteiger partial charge < -0.3 is 0 Å². The number of hydrogen-bond acceptors (Lipinski definition) is 3. The fourth-order valence-electron chi connectivity index (χ4n) is 0.240. The van der Waals surface area contributed by atoms with Gasteiger partial charge in [-0.3, -0.25) is 4.18 Å². The minimum absolute atomic E-state index is 0.0144. The van der Waals surface area contributed by atoms with E-state index in [0.29, 0.717) is 0 Å². The molecule has 0 unspecified atom stereocenters. The fourth-order valence-corrected chi connectivity index (χ4v) is 0.719. The topological polar surface area (TPSA) is 46.6 Å². The van der Waals surface area contributed by atoms with Crippen molar-refractivity contribution in [1.29, 1.82) is 0 Å². The van der Waals surface area contributed by atoms with Crippen molar-refractivity contribution in [2.24, 2.45) is 0 Å².